The van der Waals surface area contributed by atoms with Crippen LogP contribution in [0.1, 0.15) is 41.3 Å². The molecule has 0 aliphatic heterocycles. The lowest BCUT2D eigenvalue weighted by atomic mass is 9.96. The molecule has 1 saturated carbocycles. The van der Waals surface area contributed by atoms with Gasteiger partial charge in [-0.25, -0.2) is 4.99 Å². The second-order valence-electron chi connectivity index (χ2n) is 6.87. The maximum Gasteiger partial charge on any atom is 0.248 e. The van der Waals surface area contributed by atoms with E-state index in [1.807, 2.05) is 18.2 Å². The molecular weight excluding hydrogens is 404 g/mol. The maximum absolute atomic E-state index is 11.2. The van der Waals surface area contributed by atoms with Gasteiger partial charge in [-0.1, -0.05) is 46.3 Å². The molecule has 2 aromatic carbocycles. The molecule has 0 bridgehead atoms. The molecule has 0 spiro atoms. The molecule has 0 saturated heterocycles. The highest BCUT2D eigenvalue weighted by molar-refractivity contribution is 9.10. The molecule has 2 aromatic rings. The Morgan fingerprint density at radius 3 is 2.44 bits per heavy atom. The summed E-state index contributed by atoms with van der Waals surface area (Å²) in [7, 11) is 0. The second kappa shape index (κ2) is 8.57. The van der Waals surface area contributed by atoms with Crippen LogP contribution in [0.15, 0.2) is 58.0 Å². The third kappa shape index (κ3) is 4.89. The highest BCUT2D eigenvalue weighted by Crippen LogP contribution is 2.49. The number of hydrogen-bond acceptors (Lipinski definition) is 2. The highest BCUT2D eigenvalue weighted by Gasteiger charge is 2.45. The van der Waals surface area contributed by atoms with Gasteiger partial charge in [0, 0.05) is 28.5 Å². The van der Waals surface area contributed by atoms with E-state index >= 15 is 0 Å². The van der Waals surface area contributed by atoms with Crippen molar-refractivity contribution in [2.75, 3.05) is 13.1 Å². The third-order valence-electron chi connectivity index (χ3n) is 4.90. The third-order valence-corrected chi connectivity index (χ3v) is 5.59. The van der Waals surface area contributed by atoms with Crippen molar-refractivity contribution in [3.05, 3.63) is 69.7 Å². The summed E-state index contributed by atoms with van der Waals surface area (Å²) >= 11 is 3.68. The average molecular weight is 429 g/mol. The molecule has 0 aromatic heterocycles. The van der Waals surface area contributed by atoms with Crippen molar-refractivity contribution in [2.24, 2.45) is 10.7 Å². The number of hydrogen-bond donors (Lipinski definition) is 3. The molecular formula is C21H25BrN4O. The van der Waals surface area contributed by atoms with Crippen LogP contribution in [0.5, 0.6) is 0 Å². The van der Waals surface area contributed by atoms with Crippen LogP contribution in [0.25, 0.3) is 0 Å². The van der Waals surface area contributed by atoms with Crippen LogP contribution in [0, 0.1) is 0 Å². The van der Waals surface area contributed by atoms with Crippen LogP contribution >= 0.6 is 15.9 Å². The second-order valence-corrected chi connectivity index (χ2v) is 7.72. The highest BCUT2D eigenvalue weighted by atomic mass is 79.9. The van der Waals surface area contributed by atoms with Crippen molar-refractivity contribution in [2.45, 2.75) is 31.7 Å². The lowest BCUT2D eigenvalue weighted by Gasteiger charge is -2.20. The first-order valence-electron chi connectivity index (χ1n) is 9.20. The number of rotatable bonds is 7. The van der Waals surface area contributed by atoms with Crippen LogP contribution < -0.4 is 16.4 Å². The van der Waals surface area contributed by atoms with Crippen molar-refractivity contribution in [1.82, 2.24) is 10.6 Å². The predicted molar refractivity (Wildman–Crippen MR) is 113 cm³/mol. The van der Waals surface area contributed by atoms with Gasteiger partial charge in [-0.05, 0) is 49.1 Å². The first-order valence-corrected chi connectivity index (χ1v) is 9.99. The van der Waals surface area contributed by atoms with E-state index in [-0.39, 0.29) is 5.41 Å². The molecule has 1 aliphatic rings. The maximum atomic E-state index is 11.2. The van der Waals surface area contributed by atoms with E-state index in [4.69, 9.17) is 5.73 Å². The Morgan fingerprint density at radius 1 is 1.15 bits per heavy atom. The van der Waals surface area contributed by atoms with Gasteiger partial charge in [0.2, 0.25) is 5.91 Å². The van der Waals surface area contributed by atoms with Crippen LogP contribution in [-0.2, 0) is 12.0 Å². The van der Waals surface area contributed by atoms with Gasteiger partial charge in [-0.3, -0.25) is 4.79 Å². The Labute approximate surface area is 168 Å². The Hall–Kier alpha value is -2.34. The molecule has 1 amide bonds. The summed E-state index contributed by atoms with van der Waals surface area (Å²) in [6.07, 6.45) is 2.35. The van der Waals surface area contributed by atoms with E-state index in [9.17, 15) is 4.79 Å². The standard InChI is InChI=1S/C21H25BrN4O/c1-2-24-20(25-13-15-7-9-16(10-8-15)19(23)27)26-14-21(11-12-21)17-5-3-4-6-18(17)22/h3-10H,2,11-14H2,1H3,(H2,23,27)(H2,24,25,26). The number of nitrogens with zero attached hydrogens (tertiary/aromatic N) is 1. The smallest absolute Gasteiger partial charge is 0.248 e. The van der Waals surface area contributed by atoms with E-state index in [1.54, 1.807) is 12.1 Å². The minimum Gasteiger partial charge on any atom is -0.366 e. The number of benzene rings is 2. The normalized spacial score (nSPS) is 15.3. The minimum absolute atomic E-state index is 0.180. The first kappa shape index (κ1) is 19.4. The average Bonchev–Trinajstić information content (AvgIpc) is 3.45. The Kier molecular flexibility index (Phi) is 6.16. The fourth-order valence-corrected chi connectivity index (χ4v) is 3.83. The van der Waals surface area contributed by atoms with Gasteiger partial charge in [-0.2, -0.15) is 0 Å². The van der Waals surface area contributed by atoms with Gasteiger partial charge < -0.3 is 16.4 Å². The molecule has 0 radical (unpaired) electrons. The lowest BCUT2D eigenvalue weighted by Crippen LogP contribution is -2.41. The number of nitrogens with two attached hydrogens (primary N) is 1. The summed E-state index contributed by atoms with van der Waals surface area (Å²) in [5.41, 5.74) is 8.36. The van der Waals surface area contributed by atoms with Crippen LogP contribution in [-0.4, -0.2) is 25.0 Å². The zero-order chi connectivity index (χ0) is 19.3. The molecule has 27 heavy (non-hydrogen) atoms. The monoisotopic (exact) mass is 428 g/mol. The quantitative estimate of drug-likeness (QED) is 0.467. The number of carbonyl (C=O) groups is 1. The molecule has 142 valence electrons. The minimum atomic E-state index is -0.415. The number of aliphatic imine (C=N–C) groups is 1. The van der Waals surface area contributed by atoms with E-state index in [0.29, 0.717) is 12.1 Å². The van der Waals surface area contributed by atoms with Gasteiger partial charge in [0.15, 0.2) is 5.96 Å². The number of primary amides is 1. The summed E-state index contributed by atoms with van der Waals surface area (Å²) in [4.78, 5) is 15.8. The number of nitrogens with one attached hydrogen (secondary N) is 2. The van der Waals surface area contributed by atoms with Gasteiger partial charge in [0.05, 0.1) is 6.54 Å². The Balaban J connectivity index is 1.64. The van der Waals surface area contributed by atoms with Crippen molar-refractivity contribution in [3.63, 3.8) is 0 Å². The van der Waals surface area contributed by atoms with Crippen molar-refractivity contribution in [1.29, 1.82) is 0 Å². The van der Waals surface area contributed by atoms with Gasteiger partial charge in [0.25, 0.3) is 0 Å². The summed E-state index contributed by atoms with van der Waals surface area (Å²) in [6.45, 7) is 4.24. The van der Waals surface area contributed by atoms with E-state index < -0.39 is 5.91 Å². The van der Waals surface area contributed by atoms with Crippen molar-refractivity contribution >= 4 is 27.8 Å². The molecule has 4 N–H and O–H groups in total. The van der Waals surface area contributed by atoms with Gasteiger partial charge in [-0.15, -0.1) is 0 Å². The zero-order valence-electron chi connectivity index (χ0n) is 15.5. The summed E-state index contributed by atoms with van der Waals surface area (Å²) < 4.78 is 1.17. The van der Waals surface area contributed by atoms with Gasteiger partial charge >= 0.3 is 0 Å². The van der Waals surface area contributed by atoms with Crippen LogP contribution in [0.2, 0.25) is 0 Å². The molecule has 0 heterocycles. The molecule has 3 rings (SSSR count). The molecule has 0 unspecified atom stereocenters. The molecule has 1 fully saturated rings. The van der Waals surface area contributed by atoms with E-state index in [1.165, 1.54) is 22.9 Å². The summed E-state index contributed by atoms with van der Waals surface area (Å²) in [5.74, 6) is 0.386. The SMILES string of the molecule is CCNC(=NCc1ccc(C(N)=O)cc1)NCC1(c2ccccc2Br)CC1. The number of carbonyl (C=O) groups excluding carboxylic acids is 1. The molecule has 6 heteroatoms. The summed E-state index contributed by atoms with van der Waals surface area (Å²) in [6, 6.07) is 15.7. The fraction of sp³-hybridized carbons (Fsp3) is 0.333. The Morgan fingerprint density at radius 2 is 1.85 bits per heavy atom. The van der Waals surface area contributed by atoms with Crippen molar-refractivity contribution in [3.8, 4) is 0 Å². The van der Waals surface area contributed by atoms with E-state index in [0.717, 1.165) is 24.6 Å². The number of halogens is 1. The predicted octanol–water partition coefficient (Wildman–Crippen LogP) is 3.33. The Bertz CT molecular complexity index is 828. The zero-order valence-corrected chi connectivity index (χ0v) is 17.1. The summed E-state index contributed by atoms with van der Waals surface area (Å²) in [5, 5.41) is 6.79. The number of guanidine groups is 1. The topological polar surface area (TPSA) is 79.5 Å². The van der Waals surface area contributed by atoms with Crippen LogP contribution in [0.3, 0.4) is 0 Å². The van der Waals surface area contributed by atoms with Gasteiger partial charge in [0.1, 0.15) is 0 Å². The molecule has 5 nitrogen and oxygen atoms in total. The first-order chi connectivity index (χ1) is 13.0. The van der Waals surface area contributed by atoms with Crippen LogP contribution in [0.4, 0.5) is 0 Å². The lowest BCUT2D eigenvalue weighted by molar-refractivity contribution is 0.100. The molecule has 0 atom stereocenters. The van der Waals surface area contributed by atoms with E-state index in [2.05, 4.69) is 56.7 Å². The molecule has 1 aliphatic carbocycles. The largest absolute Gasteiger partial charge is 0.366 e. The number of amides is 1. The van der Waals surface area contributed by atoms with Crippen molar-refractivity contribution < 1.29 is 4.79 Å². The fourth-order valence-electron chi connectivity index (χ4n) is 3.12.